The van der Waals surface area contributed by atoms with E-state index in [9.17, 15) is 9.90 Å². The van der Waals surface area contributed by atoms with Gasteiger partial charge in [0, 0.05) is 6.54 Å². The summed E-state index contributed by atoms with van der Waals surface area (Å²) in [4.78, 5) is 13.7. The van der Waals surface area contributed by atoms with Gasteiger partial charge >= 0.3 is 5.97 Å². The van der Waals surface area contributed by atoms with Crippen LogP contribution in [0, 0.1) is 0 Å². The Morgan fingerprint density at radius 1 is 1.43 bits per heavy atom. The van der Waals surface area contributed by atoms with Gasteiger partial charge in [-0.2, -0.15) is 11.3 Å². The van der Waals surface area contributed by atoms with Crippen LogP contribution in [0.1, 0.15) is 36.9 Å². The summed E-state index contributed by atoms with van der Waals surface area (Å²) in [6.45, 7) is 3.38. The number of rotatable bonds is 6. The molecule has 1 fully saturated rings. The van der Waals surface area contributed by atoms with Gasteiger partial charge in [0.1, 0.15) is 11.8 Å². The zero-order chi connectivity index (χ0) is 16.2. The first-order chi connectivity index (χ1) is 11.2. The van der Waals surface area contributed by atoms with Gasteiger partial charge in [0.05, 0.1) is 12.6 Å². The maximum absolute atomic E-state index is 11.6. The number of hydrogen-bond acceptors (Lipinski definition) is 4. The zero-order valence-electron chi connectivity index (χ0n) is 13.1. The molecule has 0 amide bonds. The molecule has 2 atom stereocenters. The standard InChI is InChI=1S/C18H21NO3S/c1-2-22-15-6-3-5-13(11-15)17(14-8-10-23-12-14)19-9-4-7-16(19)18(20)21/h3,5-6,8,10-12,16-17H,2,4,7,9H2,1H3,(H,20,21). The summed E-state index contributed by atoms with van der Waals surface area (Å²) in [5.41, 5.74) is 2.24. The summed E-state index contributed by atoms with van der Waals surface area (Å²) in [5.74, 6) is 0.0972. The van der Waals surface area contributed by atoms with E-state index < -0.39 is 12.0 Å². The Balaban J connectivity index is 2.00. The molecule has 2 unspecified atom stereocenters. The average molecular weight is 331 g/mol. The molecular formula is C18H21NO3S. The molecule has 1 aromatic heterocycles. The molecule has 0 bridgehead atoms. The molecule has 2 aromatic rings. The van der Waals surface area contributed by atoms with Gasteiger partial charge in [-0.05, 0) is 59.9 Å². The van der Waals surface area contributed by atoms with Crippen LogP contribution in [0.3, 0.4) is 0 Å². The van der Waals surface area contributed by atoms with Crippen molar-refractivity contribution in [3.8, 4) is 5.75 Å². The van der Waals surface area contributed by atoms with Crippen molar-refractivity contribution < 1.29 is 14.6 Å². The monoisotopic (exact) mass is 331 g/mol. The van der Waals surface area contributed by atoms with Crippen LogP contribution in [0.25, 0.3) is 0 Å². The molecule has 0 saturated carbocycles. The third-order valence-electron chi connectivity index (χ3n) is 4.25. The summed E-state index contributed by atoms with van der Waals surface area (Å²) in [5, 5.41) is 13.7. The van der Waals surface area contributed by atoms with Crippen LogP contribution in [-0.2, 0) is 4.79 Å². The molecule has 23 heavy (non-hydrogen) atoms. The van der Waals surface area contributed by atoms with Crippen LogP contribution >= 0.6 is 11.3 Å². The number of carbonyl (C=O) groups is 1. The van der Waals surface area contributed by atoms with Crippen molar-refractivity contribution in [2.24, 2.45) is 0 Å². The van der Waals surface area contributed by atoms with Gasteiger partial charge in [0.2, 0.25) is 0 Å². The van der Waals surface area contributed by atoms with E-state index in [1.165, 1.54) is 0 Å². The van der Waals surface area contributed by atoms with E-state index in [2.05, 4.69) is 22.4 Å². The molecule has 3 rings (SSSR count). The fourth-order valence-electron chi connectivity index (χ4n) is 3.31. The van der Waals surface area contributed by atoms with Crippen molar-refractivity contribution in [1.82, 2.24) is 4.90 Å². The minimum atomic E-state index is -0.733. The van der Waals surface area contributed by atoms with Crippen LogP contribution in [0.5, 0.6) is 5.75 Å². The summed E-state index contributed by atoms with van der Waals surface area (Å²) in [6.07, 6.45) is 1.63. The van der Waals surface area contributed by atoms with E-state index in [0.717, 1.165) is 29.8 Å². The van der Waals surface area contributed by atoms with Crippen LogP contribution in [0.2, 0.25) is 0 Å². The lowest BCUT2D eigenvalue weighted by Gasteiger charge is -2.31. The Bertz CT molecular complexity index is 656. The molecule has 1 aliphatic heterocycles. The van der Waals surface area contributed by atoms with Crippen molar-refractivity contribution in [1.29, 1.82) is 0 Å². The van der Waals surface area contributed by atoms with Gasteiger partial charge < -0.3 is 9.84 Å². The molecule has 1 aliphatic rings. The zero-order valence-corrected chi connectivity index (χ0v) is 14.0. The molecule has 1 N–H and O–H groups in total. The number of hydrogen-bond donors (Lipinski definition) is 1. The van der Waals surface area contributed by atoms with Gasteiger partial charge in [-0.1, -0.05) is 12.1 Å². The molecule has 1 aromatic carbocycles. The normalized spacial score (nSPS) is 19.6. The molecule has 0 aliphatic carbocycles. The van der Waals surface area contributed by atoms with Crippen molar-refractivity contribution in [2.45, 2.75) is 31.8 Å². The number of likely N-dealkylation sites (tertiary alicyclic amines) is 1. The number of benzene rings is 1. The first-order valence-electron chi connectivity index (χ1n) is 7.94. The summed E-state index contributed by atoms with van der Waals surface area (Å²) in [6, 6.07) is 9.63. The van der Waals surface area contributed by atoms with Gasteiger partial charge in [0.15, 0.2) is 0 Å². The lowest BCUT2D eigenvalue weighted by atomic mass is 9.98. The summed E-state index contributed by atoms with van der Waals surface area (Å²) >= 11 is 1.64. The van der Waals surface area contributed by atoms with Gasteiger partial charge in [-0.15, -0.1) is 0 Å². The van der Waals surface area contributed by atoms with Gasteiger partial charge in [0.25, 0.3) is 0 Å². The first kappa shape index (κ1) is 16.0. The Labute approximate surface area is 140 Å². The Morgan fingerprint density at radius 2 is 2.30 bits per heavy atom. The minimum Gasteiger partial charge on any atom is -0.494 e. The maximum Gasteiger partial charge on any atom is 0.320 e. The van der Waals surface area contributed by atoms with Crippen LogP contribution in [-0.4, -0.2) is 35.2 Å². The molecule has 1 saturated heterocycles. The average Bonchev–Trinajstić information content (AvgIpc) is 3.20. The predicted molar refractivity (Wildman–Crippen MR) is 91.1 cm³/mol. The highest BCUT2D eigenvalue weighted by Crippen LogP contribution is 2.36. The summed E-state index contributed by atoms with van der Waals surface area (Å²) < 4.78 is 5.62. The van der Waals surface area contributed by atoms with Crippen LogP contribution in [0.15, 0.2) is 41.1 Å². The number of aliphatic carboxylic acids is 1. The lowest BCUT2D eigenvalue weighted by molar-refractivity contribution is -0.142. The topological polar surface area (TPSA) is 49.8 Å². The van der Waals surface area contributed by atoms with E-state index in [1.54, 1.807) is 11.3 Å². The quantitative estimate of drug-likeness (QED) is 0.875. The molecule has 0 radical (unpaired) electrons. The Kier molecular flexibility index (Phi) is 4.98. The van der Waals surface area contributed by atoms with Crippen molar-refractivity contribution in [3.05, 3.63) is 52.2 Å². The molecule has 0 spiro atoms. The highest BCUT2D eigenvalue weighted by molar-refractivity contribution is 7.08. The third kappa shape index (κ3) is 3.41. The molecule has 4 nitrogen and oxygen atoms in total. The Morgan fingerprint density at radius 3 is 3.00 bits per heavy atom. The number of thiophene rings is 1. The second kappa shape index (κ2) is 7.15. The smallest absolute Gasteiger partial charge is 0.320 e. The van der Waals surface area contributed by atoms with Crippen molar-refractivity contribution in [3.63, 3.8) is 0 Å². The highest BCUT2D eigenvalue weighted by Gasteiger charge is 2.37. The molecular weight excluding hydrogens is 310 g/mol. The second-order valence-electron chi connectivity index (χ2n) is 5.70. The SMILES string of the molecule is CCOc1cccc(C(c2ccsc2)N2CCCC2C(=O)O)c1. The number of ether oxygens (including phenoxy) is 1. The van der Waals surface area contributed by atoms with Crippen molar-refractivity contribution >= 4 is 17.3 Å². The molecule has 122 valence electrons. The number of nitrogens with zero attached hydrogens (tertiary/aromatic N) is 1. The van der Waals surface area contributed by atoms with Gasteiger partial charge in [-0.25, -0.2) is 0 Å². The molecule has 2 heterocycles. The predicted octanol–water partition coefficient (Wildman–Crippen LogP) is 3.79. The number of carboxylic acid groups (broad SMARTS) is 1. The van der Waals surface area contributed by atoms with E-state index in [1.807, 2.05) is 30.5 Å². The fourth-order valence-corrected chi connectivity index (χ4v) is 3.99. The Hall–Kier alpha value is -1.85. The third-order valence-corrected chi connectivity index (χ3v) is 4.96. The highest BCUT2D eigenvalue weighted by atomic mass is 32.1. The van der Waals surface area contributed by atoms with Crippen LogP contribution in [0.4, 0.5) is 0 Å². The summed E-state index contributed by atoms with van der Waals surface area (Å²) in [7, 11) is 0. The van der Waals surface area contributed by atoms with Gasteiger partial charge in [-0.3, -0.25) is 9.69 Å². The van der Waals surface area contributed by atoms with Crippen molar-refractivity contribution in [2.75, 3.05) is 13.2 Å². The lowest BCUT2D eigenvalue weighted by Crippen LogP contribution is -2.39. The first-order valence-corrected chi connectivity index (χ1v) is 8.88. The largest absolute Gasteiger partial charge is 0.494 e. The second-order valence-corrected chi connectivity index (χ2v) is 6.48. The van der Waals surface area contributed by atoms with Crippen LogP contribution < -0.4 is 4.74 Å². The van der Waals surface area contributed by atoms with E-state index in [-0.39, 0.29) is 6.04 Å². The molecule has 5 heteroatoms. The maximum atomic E-state index is 11.6. The van der Waals surface area contributed by atoms with E-state index in [0.29, 0.717) is 13.0 Å². The number of carboxylic acids is 1. The fraction of sp³-hybridized carbons (Fsp3) is 0.389. The van der Waals surface area contributed by atoms with E-state index in [4.69, 9.17) is 4.74 Å². The van der Waals surface area contributed by atoms with E-state index >= 15 is 0 Å². The minimum absolute atomic E-state index is 0.0368.